The molecule has 0 radical (unpaired) electrons. The fourth-order valence-electron chi connectivity index (χ4n) is 2.27. The van der Waals surface area contributed by atoms with Crippen LogP contribution in [0.2, 0.25) is 0 Å². The minimum Gasteiger partial charge on any atom is -0.356 e. The van der Waals surface area contributed by atoms with Crippen molar-refractivity contribution in [2.24, 2.45) is 4.99 Å². The predicted molar refractivity (Wildman–Crippen MR) is 81.7 cm³/mol. The third-order valence-corrected chi connectivity index (χ3v) is 5.11. The maximum Gasteiger partial charge on any atom is 0.191 e. The number of benzene rings is 1. The molecule has 1 heterocycles. The van der Waals surface area contributed by atoms with Gasteiger partial charge in [0.15, 0.2) is 15.8 Å². The van der Waals surface area contributed by atoms with Gasteiger partial charge in [-0.05, 0) is 18.4 Å². The lowest BCUT2D eigenvalue weighted by atomic mass is 10.1. The summed E-state index contributed by atoms with van der Waals surface area (Å²) in [6, 6.07) is 10.2. The van der Waals surface area contributed by atoms with Crippen molar-refractivity contribution in [3.05, 3.63) is 35.9 Å². The van der Waals surface area contributed by atoms with Crippen molar-refractivity contribution in [1.29, 1.82) is 0 Å². The van der Waals surface area contributed by atoms with E-state index in [9.17, 15) is 8.42 Å². The zero-order chi connectivity index (χ0) is 14.4. The van der Waals surface area contributed by atoms with Crippen LogP contribution in [0.3, 0.4) is 0 Å². The highest BCUT2D eigenvalue weighted by Crippen LogP contribution is 2.10. The lowest BCUT2D eigenvalue weighted by molar-refractivity contribution is 0.599. The molecule has 1 unspecified atom stereocenters. The van der Waals surface area contributed by atoms with Gasteiger partial charge in [0.2, 0.25) is 0 Å². The van der Waals surface area contributed by atoms with Gasteiger partial charge in [-0.1, -0.05) is 30.3 Å². The molecule has 0 spiro atoms. The molecule has 20 heavy (non-hydrogen) atoms. The fourth-order valence-corrected chi connectivity index (χ4v) is 3.94. The molecular weight excluding hydrogens is 274 g/mol. The maximum atomic E-state index is 11.4. The molecule has 1 aromatic rings. The van der Waals surface area contributed by atoms with Crippen LogP contribution in [0.4, 0.5) is 0 Å². The second-order valence-electron chi connectivity index (χ2n) is 4.98. The number of rotatable bonds is 4. The molecule has 1 aromatic carbocycles. The van der Waals surface area contributed by atoms with Crippen molar-refractivity contribution in [2.45, 2.75) is 18.9 Å². The van der Waals surface area contributed by atoms with Gasteiger partial charge in [0.25, 0.3) is 0 Å². The number of hydrogen-bond donors (Lipinski definition) is 2. The van der Waals surface area contributed by atoms with Gasteiger partial charge in [0, 0.05) is 19.6 Å². The summed E-state index contributed by atoms with van der Waals surface area (Å²) in [5.74, 6) is 1.14. The second-order valence-corrected chi connectivity index (χ2v) is 7.21. The summed E-state index contributed by atoms with van der Waals surface area (Å²) in [7, 11) is -1.16. The third kappa shape index (κ3) is 4.52. The summed E-state index contributed by atoms with van der Waals surface area (Å²) in [5.41, 5.74) is 1.26. The zero-order valence-corrected chi connectivity index (χ0v) is 12.5. The number of aliphatic imine (C=N–C) groups is 1. The van der Waals surface area contributed by atoms with Crippen LogP contribution in [0.15, 0.2) is 35.3 Å². The summed E-state index contributed by atoms with van der Waals surface area (Å²) in [4.78, 5) is 4.13. The summed E-state index contributed by atoms with van der Waals surface area (Å²) in [5, 5.41) is 6.38. The Hall–Kier alpha value is -1.56. The summed E-state index contributed by atoms with van der Waals surface area (Å²) in [6.07, 6.45) is 1.56. The highest BCUT2D eigenvalue weighted by molar-refractivity contribution is 7.91. The lowest BCUT2D eigenvalue weighted by Crippen LogP contribution is -2.44. The largest absolute Gasteiger partial charge is 0.356 e. The predicted octanol–water partition coefficient (Wildman–Crippen LogP) is 0.581. The van der Waals surface area contributed by atoms with E-state index < -0.39 is 9.84 Å². The van der Waals surface area contributed by atoms with E-state index in [4.69, 9.17) is 0 Å². The standard InChI is InChI=1S/C14H21N3O2S/c1-15-14(17-13-8-10-20(18,19)11-13)16-9-7-12-5-3-2-4-6-12/h2-6,13H,7-11H2,1H3,(H2,15,16,17). The van der Waals surface area contributed by atoms with E-state index in [1.54, 1.807) is 7.05 Å². The minimum absolute atomic E-state index is 0.0251. The van der Waals surface area contributed by atoms with E-state index in [-0.39, 0.29) is 17.5 Å². The average molecular weight is 295 g/mol. The van der Waals surface area contributed by atoms with Crippen LogP contribution < -0.4 is 10.6 Å². The normalized spacial score (nSPS) is 21.6. The summed E-state index contributed by atoms with van der Waals surface area (Å²) < 4.78 is 22.8. The van der Waals surface area contributed by atoms with Gasteiger partial charge in [-0.25, -0.2) is 8.42 Å². The van der Waals surface area contributed by atoms with Gasteiger partial charge < -0.3 is 10.6 Å². The smallest absolute Gasteiger partial charge is 0.191 e. The molecular formula is C14H21N3O2S. The van der Waals surface area contributed by atoms with Crippen LogP contribution in [-0.4, -0.2) is 45.5 Å². The second kappa shape index (κ2) is 6.74. The topological polar surface area (TPSA) is 70.6 Å². The third-order valence-electron chi connectivity index (χ3n) is 3.35. The zero-order valence-electron chi connectivity index (χ0n) is 11.7. The van der Waals surface area contributed by atoms with Crippen molar-refractivity contribution >= 4 is 15.8 Å². The van der Waals surface area contributed by atoms with E-state index in [2.05, 4.69) is 27.8 Å². The molecule has 0 amide bonds. The van der Waals surface area contributed by atoms with Crippen molar-refractivity contribution < 1.29 is 8.42 Å². The number of hydrogen-bond acceptors (Lipinski definition) is 3. The molecule has 5 nitrogen and oxygen atoms in total. The Kier molecular flexibility index (Phi) is 5.00. The Bertz CT molecular complexity index is 555. The SMILES string of the molecule is CN=C(NCCc1ccccc1)NC1CCS(=O)(=O)C1. The lowest BCUT2D eigenvalue weighted by Gasteiger charge is -2.16. The fraction of sp³-hybridized carbons (Fsp3) is 0.500. The Morgan fingerprint density at radius 3 is 2.70 bits per heavy atom. The summed E-state index contributed by atoms with van der Waals surface area (Å²) >= 11 is 0. The van der Waals surface area contributed by atoms with Gasteiger partial charge in [-0.2, -0.15) is 0 Å². The molecule has 0 aromatic heterocycles. The molecule has 0 saturated carbocycles. The molecule has 1 atom stereocenters. The van der Waals surface area contributed by atoms with Crippen LogP contribution in [0.25, 0.3) is 0 Å². The number of sulfone groups is 1. The monoisotopic (exact) mass is 295 g/mol. The first-order valence-corrected chi connectivity index (χ1v) is 8.63. The average Bonchev–Trinajstić information content (AvgIpc) is 2.78. The highest BCUT2D eigenvalue weighted by atomic mass is 32.2. The molecule has 0 aliphatic carbocycles. The molecule has 110 valence electrons. The quantitative estimate of drug-likeness (QED) is 0.630. The van der Waals surface area contributed by atoms with Crippen LogP contribution >= 0.6 is 0 Å². The van der Waals surface area contributed by atoms with Gasteiger partial charge in [0.1, 0.15) is 0 Å². The van der Waals surface area contributed by atoms with E-state index >= 15 is 0 Å². The first-order valence-electron chi connectivity index (χ1n) is 6.80. The van der Waals surface area contributed by atoms with E-state index in [0.717, 1.165) is 13.0 Å². The van der Waals surface area contributed by atoms with E-state index in [1.165, 1.54) is 5.56 Å². The Labute approximate surface area is 120 Å². The molecule has 2 rings (SSSR count). The Morgan fingerprint density at radius 2 is 2.10 bits per heavy atom. The molecule has 1 saturated heterocycles. The van der Waals surface area contributed by atoms with E-state index in [0.29, 0.717) is 12.4 Å². The molecule has 1 fully saturated rings. The number of nitrogens with zero attached hydrogens (tertiary/aromatic N) is 1. The van der Waals surface area contributed by atoms with Crippen LogP contribution in [0, 0.1) is 0 Å². The first-order chi connectivity index (χ1) is 9.59. The van der Waals surface area contributed by atoms with Gasteiger partial charge in [0.05, 0.1) is 11.5 Å². The van der Waals surface area contributed by atoms with Crippen molar-refractivity contribution in [3.63, 3.8) is 0 Å². The molecule has 2 N–H and O–H groups in total. The Balaban J connectivity index is 1.76. The molecule has 0 bridgehead atoms. The molecule has 1 aliphatic heterocycles. The van der Waals surface area contributed by atoms with E-state index in [1.807, 2.05) is 18.2 Å². The number of guanidine groups is 1. The highest BCUT2D eigenvalue weighted by Gasteiger charge is 2.28. The first kappa shape index (κ1) is 14.8. The van der Waals surface area contributed by atoms with Crippen molar-refractivity contribution in [2.75, 3.05) is 25.1 Å². The van der Waals surface area contributed by atoms with Crippen LogP contribution in [-0.2, 0) is 16.3 Å². The minimum atomic E-state index is -2.86. The molecule has 6 heteroatoms. The van der Waals surface area contributed by atoms with Crippen LogP contribution in [0.5, 0.6) is 0 Å². The number of nitrogens with one attached hydrogen (secondary N) is 2. The maximum absolute atomic E-state index is 11.4. The van der Waals surface area contributed by atoms with Gasteiger partial charge in [-0.15, -0.1) is 0 Å². The molecule has 1 aliphatic rings. The Morgan fingerprint density at radius 1 is 1.35 bits per heavy atom. The van der Waals surface area contributed by atoms with Crippen molar-refractivity contribution in [3.8, 4) is 0 Å². The van der Waals surface area contributed by atoms with Crippen molar-refractivity contribution in [1.82, 2.24) is 10.6 Å². The van der Waals surface area contributed by atoms with Crippen LogP contribution in [0.1, 0.15) is 12.0 Å². The van der Waals surface area contributed by atoms with Gasteiger partial charge >= 0.3 is 0 Å². The van der Waals surface area contributed by atoms with Gasteiger partial charge in [-0.3, -0.25) is 4.99 Å². The summed E-state index contributed by atoms with van der Waals surface area (Å²) in [6.45, 7) is 0.767.